The number of fused-ring (bicyclic) bond motifs is 1. The molecule has 2 rings (SSSR count). The van der Waals surface area contributed by atoms with Gasteiger partial charge in [0.25, 0.3) is 5.91 Å². The van der Waals surface area contributed by atoms with E-state index in [0.29, 0.717) is 5.56 Å². The topological polar surface area (TPSA) is 42.4 Å². The minimum atomic E-state index is -0.173. The maximum absolute atomic E-state index is 11.8. The largest absolute Gasteiger partial charge is 0.277 e. The van der Waals surface area contributed by atoms with Crippen LogP contribution in [0.4, 0.5) is 0 Å². The van der Waals surface area contributed by atoms with Crippen LogP contribution >= 0.6 is 0 Å². The van der Waals surface area contributed by atoms with Gasteiger partial charge in [0.05, 0.1) is 12.6 Å². The summed E-state index contributed by atoms with van der Waals surface area (Å²) >= 11 is 0. The molecule has 0 fully saturated rings. The Kier molecular flexibility index (Phi) is 5.27. The van der Waals surface area contributed by atoms with E-state index >= 15 is 0 Å². The summed E-state index contributed by atoms with van der Waals surface area (Å²) in [6.45, 7) is 4.00. The highest BCUT2D eigenvalue weighted by Gasteiger charge is 2.11. The van der Waals surface area contributed by atoms with Gasteiger partial charge in [-0.15, -0.1) is 0 Å². The van der Waals surface area contributed by atoms with Crippen molar-refractivity contribution in [2.24, 2.45) is 0 Å². The number of carbonyl (C=O) groups is 1. The molecular formula is C14H18N2O2. The van der Waals surface area contributed by atoms with Crippen molar-refractivity contribution in [3.8, 4) is 0 Å². The van der Waals surface area contributed by atoms with Gasteiger partial charge in [-0.3, -0.25) is 14.6 Å². The Bertz CT molecular complexity index is 526. The van der Waals surface area contributed by atoms with Crippen LogP contribution in [-0.4, -0.2) is 30.1 Å². The second-order valence-corrected chi connectivity index (χ2v) is 3.40. The fourth-order valence-electron chi connectivity index (χ4n) is 1.47. The summed E-state index contributed by atoms with van der Waals surface area (Å²) < 4.78 is 0. The quantitative estimate of drug-likeness (QED) is 0.765. The first kappa shape index (κ1) is 14.1. The molecule has 18 heavy (non-hydrogen) atoms. The molecule has 0 saturated heterocycles. The molecule has 96 valence electrons. The number of carbonyl (C=O) groups excluding carboxylic acids is 1. The normalized spacial score (nSPS) is 9.56. The van der Waals surface area contributed by atoms with Gasteiger partial charge in [-0.2, -0.15) is 0 Å². The van der Waals surface area contributed by atoms with Crippen molar-refractivity contribution in [3.05, 3.63) is 42.1 Å². The number of hydrogen-bond donors (Lipinski definition) is 0. The molecule has 0 aliphatic rings. The van der Waals surface area contributed by atoms with Crippen LogP contribution in [0.3, 0.4) is 0 Å². The lowest BCUT2D eigenvalue weighted by Gasteiger charge is -2.13. The number of aromatic nitrogens is 1. The van der Waals surface area contributed by atoms with Crippen molar-refractivity contribution >= 4 is 16.8 Å². The third kappa shape index (κ3) is 3.05. The summed E-state index contributed by atoms with van der Waals surface area (Å²) in [5.74, 6) is -0.173. The highest BCUT2D eigenvalue weighted by Crippen LogP contribution is 2.14. The summed E-state index contributed by atoms with van der Waals surface area (Å²) in [5, 5.41) is 2.13. The van der Waals surface area contributed by atoms with Crippen LogP contribution in [0.1, 0.15) is 24.2 Å². The molecule has 0 bridgehead atoms. The van der Waals surface area contributed by atoms with E-state index in [9.17, 15) is 4.79 Å². The Morgan fingerprint density at radius 2 is 2.00 bits per heavy atom. The summed E-state index contributed by atoms with van der Waals surface area (Å²) in [6, 6.07) is 9.14. The highest BCUT2D eigenvalue weighted by molar-refractivity contribution is 5.97. The monoisotopic (exact) mass is 246 g/mol. The van der Waals surface area contributed by atoms with Crippen molar-refractivity contribution in [3.63, 3.8) is 0 Å². The van der Waals surface area contributed by atoms with Crippen LogP contribution in [0.5, 0.6) is 0 Å². The van der Waals surface area contributed by atoms with E-state index < -0.39 is 0 Å². The first-order valence-corrected chi connectivity index (χ1v) is 5.89. The Labute approximate surface area is 107 Å². The lowest BCUT2D eigenvalue weighted by atomic mass is 10.1. The Morgan fingerprint density at radius 1 is 1.28 bits per heavy atom. The van der Waals surface area contributed by atoms with Gasteiger partial charge in [0.15, 0.2) is 0 Å². The van der Waals surface area contributed by atoms with Gasteiger partial charge in [0.1, 0.15) is 0 Å². The first-order chi connectivity index (χ1) is 8.72. The molecule has 2 aromatic rings. The Balaban J connectivity index is 0.000000771. The van der Waals surface area contributed by atoms with Crippen molar-refractivity contribution < 1.29 is 9.63 Å². The smallest absolute Gasteiger partial charge is 0.274 e. The van der Waals surface area contributed by atoms with Gasteiger partial charge < -0.3 is 0 Å². The molecule has 0 unspecified atom stereocenters. The van der Waals surface area contributed by atoms with E-state index in [1.54, 1.807) is 25.4 Å². The third-order valence-corrected chi connectivity index (χ3v) is 2.41. The third-order valence-electron chi connectivity index (χ3n) is 2.41. The van der Waals surface area contributed by atoms with E-state index in [4.69, 9.17) is 4.84 Å². The molecule has 0 saturated carbocycles. The van der Waals surface area contributed by atoms with Crippen LogP contribution in [0.25, 0.3) is 10.9 Å². The highest BCUT2D eigenvalue weighted by atomic mass is 16.7. The molecule has 4 heteroatoms. The molecule has 4 nitrogen and oxygen atoms in total. The lowest BCUT2D eigenvalue weighted by molar-refractivity contribution is -0.0756. The predicted molar refractivity (Wildman–Crippen MR) is 72.2 cm³/mol. The van der Waals surface area contributed by atoms with Crippen molar-refractivity contribution in [1.29, 1.82) is 0 Å². The van der Waals surface area contributed by atoms with Crippen molar-refractivity contribution in [2.75, 3.05) is 14.2 Å². The second-order valence-electron chi connectivity index (χ2n) is 3.40. The van der Waals surface area contributed by atoms with Crippen molar-refractivity contribution in [2.45, 2.75) is 13.8 Å². The molecule has 0 aliphatic heterocycles. The summed E-state index contributed by atoms with van der Waals surface area (Å²) in [4.78, 5) is 20.8. The number of nitrogens with zero attached hydrogens (tertiary/aromatic N) is 2. The molecule has 1 amide bonds. The van der Waals surface area contributed by atoms with Gasteiger partial charge >= 0.3 is 0 Å². The van der Waals surface area contributed by atoms with Gasteiger partial charge in [-0.1, -0.05) is 19.9 Å². The van der Waals surface area contributed by atoms with Gasteiger partial charge in [0.2, 0.25) is 0 Å². The van der Waals surface area contributed by atoms with Crippen LogP contribution in [-0.2, 0) is 4.84 Å². The van der Waals surface area contributed by atoms with Crippen LogP contribution in [0, 0.1) is 0 Å². The predicted octanol–water partition coefficient (Wildman–Crippen LogP) is 2.89. The molecule has 0 atom stereocenters. The SMILES string of the molecule is CC.CON(C)C(=O)c1ccc2ncccc2c1. The Hall–Kier alpha value is -1.94. The zero-order valence-corrected chi connectivity index (χ0v) is 11.2. The lowest BCUT2D eigenvalue weighted by Crippen LogP contribution is -2.25. The fourth-order valence-corrected chi connectivity index (χ4v) is 1.47. The van der Waals surface area contributed by atoms with Crippen LogP contribution < -0.4 is 0 Å². The maximum Gasteiger partial charge on any atom is 0.277 e. The molecule has 0 N–H and O–H groups in total. The number of benzene rings is 1. The first-order valence-electron chi connectivity index (χ1n) is 5.89. The summed E-state index contributed by atoms with van der Waals surface area (Å²) in [6.07, 6.45) is 1.73. The van der Waals surface area contributed by atoms with E-state index in [2.05, 4.69) is 4.98 Å². The maximum atomic E-state index is 11.8. The zero-order chi connectivity index (χ0) is 13.5. The number of pyridine rings is 1. The standard InChI is InChI=1S/C12H12N2O2.C2H6/c1-14(16-2)12(15)10-5-6-11-9(8-10)4-3-7-13-11;1-2/h3-8H,1-2H3;1-2H3. The van der Waals surface area contributed by atoms with E-state index in [0.717, 1.165) is 10.9 Å². The van der Waals surface area contributed by atoms with Gasteiger partial charge in [-0.05, 0) is 24.3 Å². The average molecular weight is 246 g/mol. The Morgan fingerprint density at radius 3 is 2.67 bits per heavy atom. The number of hydroxylamine groups is 2. The number of amides is 1. The molecule has 1 heterocycles. The zero-order valence-electron chi connectivity index (χ0n) is 11.2. The van der Waals surface area contributed by atoms with Gasteiger partial charge in [-0.25, -0.2) is 5.06 Å². The van der Waals surface area contributed by atoms with Crippen LogP contribution in [0.15, 0.2) is 36.5 Å². The summed E-state index contributed by atoms with van der Waals surface area (Å²) in [5.41, 5.74) is 1.46. The molecule has 1 aromatic carbocycles. The molecule has 0 spiro atoms. The molecule has 1 aromatic heterocycles. The average Bonchev–Trinajstić information content (AvgIpc) is 2.47. The molecule has 0 radical (unpaired) electrons. The number of rotatable bonds is 2. The van der Waals surface area contributed by atoms with Crippen LogP contribution in [0.2, 0.25) is 0 Å². The minimum absolute atomic E-state index is 0.173. The summed E-state index contributed by atoms with van der Waals surface area (Å²) in [7, 11) is 3.04. The molecular weight excluding hydrogens is 228 g/mol. The van der Waals surface area contributed by atoms with E-state index in [1.807, 2.05) is 32.0 Å². The van der Waals surface area contributed by atoms with Gasteiger partial charge in [0, 0.05) is 24.2 Å². The minimum Gasteiger partial charge on any atom is -0.274 e. The number of hydrogen-bond acceptors (Lipinski definition) is 3. The van der Waals surface area contributed by atoms with Crippen molar-refractivity contribution in [1.82, 2.24) is 10.0 Å². The van der Waals surface area contributed by atoms with E-state index in [-0.39, 0.29) is 5.91 Å². The molecule has 0 aliphatic carbocycles. The van der Waals surface area contributed by atoms with E-state index in [1.165, 1.54) is 12.2 Å². The second kappa shape index (κ2) is 6.71. The fraction of sp³-hybridized carbons (Fsp3) is 0.286.